The molecule has 164 valence electrons. The monoisotopic (exact) mass is 416 g/mol. The molecule has 0 saturated heterocycles. The fourth-order valence-electron chi connectivity index (χ4n) is 2.87. The summed E-state index contributed by atoms with van der Waals surface area (Å²) < 4.78 is 22.5. The summed E-state index contributed by atoms with van der Waals surface area (Å²) in [7, 11) is 1.49. The van der Waals surface area contributed by atoms with Crippen molar-refractivity contribution in [3.63, 3.8) is 0 Å². The second kappa shape index (κ2) is 12.6. The number of nitrogens with zero attached hydrogens (tertiary/aromatic N) is 2. The first-order chi connectivity index (χ1) is 14.5. The van der Waals surface area contributed by atoms with E-state index in [1.807, 2.05) is 45.1 Å². The van der Waals surface area contributed by atoms with Gasteiger partial charge in [-0.1, -0.05) is 17.3 Å². The summed E-state index contributed by atoms with van der Waals surface area (Å²) in [6, 6.07) is 5.74. The number of oxime groups is 1. The SMILES string of the molecule is C/C=C/COc1cc(C)c(OCCCCCOc2cc(C(C)=NOC)on2)c(C)c1. The van der Waals surface area contributed by atoms with E-state index in [2.05, 4.69) is 10.3 Å². The predicted molar refractivity (Wildman–Crippen MR) is 117 cm³/mol. The molecular weight excluding hydrogens is 384 g/mol. The van der Waals surface area contributed by atoms with Crippen LogP contribution in [0.3, 0.4) is 0 Å². The van der Waals surface area contributed by atoms with Crippen molar-refractivity contribution >= 4 is 5.71 Å². The van der Waals surface area contributed by atoms with Crippen molar-refractivity contribution in [1.82, 2.24) is 5.16 Å². The molecule has 0 bridgehead atoms. The number of aromatic nitrogens is 1. The van der Waals surface area contributed by atoms with Crippen LogP contribution in [0.2, 0.25) is 0 Å². The largest absolute Gasteiger partial charge is 0.493 e. The third-order valence-corrected chi connectivity index (χ3v) is 4.37. The Bertz CT molecular complexity index is 819. The Morgan fingerprint density at radius 2 is 1.73 bits per heavy atom. The molecule has 0 N–H and O–H groups in total. The zero-order valence-electron chi connectivity index (χ0n) is 18.6. The number of benzene rings is 1. The van der Waals surface area contributed by atoms with E-state index in [4.69, 9.17) is 23.6 Å². The first-order valence-corrected chi connectivity index (χ1v) is 10.2. The van der Waals surface area contributed by atoms with E-state index in [1.165, 1.54) is 7.11 Å². The quantitative estimate of drug-likeness (QED) is 0.192. The van der Waals surface area contributed by atoms with Crippen LogP contribution in [0.4, 0.5) is 0 Å². The molecule has 0 fully saturated rings. The van der Waals surface area contributed by atoms with Gasteiger partial charge in [-0.2, -0.15) is 0 Å². The number of ether oxygens (including phenoxy) is 3. The van der Waals surface area contributed by atoms with Crippen molar-refractivity contribution in [2.75, 3.05) is 26.9 Å². The molecule has 0 aliphatic carbocycles. The van der Waals surface area contributed by atoms with Crippen molar-refractivity contribution in [3.05, 3.63) is 47.2 Å². The fraction of sp³-hybridized carbons (Fsp3) is 0.478. The number of hydrogen-bond acceptors (Lipinski definition) is 7. The van der Waals surface area contributed by atoms with Crippen LogP contribution in [0.1, 0.15) is 50.0 Å². The summed E-state index contributed by atoms with van der Waals surface area (Å²) in [6.07, 6.45) is 6.82. The van der Waals surface area contributed by atoms with Gasteiger partial charge in [-0.25, -0.2) is 0 Å². The molecule has 1 aromatic heterocycles. The number of aryl methyl sites for hydroxylation is 2. The fourth-order valence-corrected chi connectivity index (χ4v) is 2.87. The summed E-state index contributed by atoms with van der Waals surface area (Å²) in [4.78, 5) is 4.71. The van der Waals surface area contributed by atoms with Gasteiger partial charge in [0.1, 0.15) is 30.9 Å². The second-order valence-corrected chi connectivity index (χ2v) is 6.91. The molecule has 2 rings (SSSR count). The number of rotatable bonds is 13. The highest BCUT2D eigenvalue weighted by atomic mass is 16.6. The lowest BCUT2D eigenvalue weighted by Gasteiger charge is -2.14. The van der Waals surface area contributed by atoms with Gasteiger partial charge >= 0.3 is 0 Å². The summed E-state index contributed by atoms with van der Waals surface area (Å²) >= 11 is 0. The maximum Gasteiger partial charge on any atom is 0.254 e. The molecule has 0 radical (unpaired) electrons. The average molecular weight is 417 g/mol. The van der Waals surface area contributed by atoms with E-state index in [9.17, 15) is 0 Å². The normalized spacial score (nSPS) is 11.7. The maximum absolute atomic E-state index is 6.00. The van der Waals surface area contributed by atoms with Crippen LogP contribution in [0.25, 0.3) is 0 Å². The second-order valence-electron chi connectivity index (χ2n) is 6.91. The molecule has 0 amide bonds. The van der Waals surface area contributed by atoms with Crippen LogP contribution in [0.15, 0.2) is 40.0 Å². The van der Waals surface area contributed by atoms with Crippen LogP contribution in [0, 0.1) is 13.8 Å². The highest BCUT2D eigenvalue weighted by molar-refractivity contribution is 5.95. The molecule has 0 atom stereocenters. The lowest BCUT2D eigenvalue weighted by Crippen LogP contribution is -2.03. The smallest absolute Gasteiger partial charge is 0.254 e. The van der Waals surface area contributed by atoms with Gasteiger partial charge in [0, 0.05) is 0 Å². The van der Waals surface area contributed by atoms with Crippen LogP contribution in [-0.4, -0.2) is 37.8 Å². The van der Waals surface area contributed by atoms with E-state index < -0.39 is 0 Å². The Labute approximate surface area is 178 Å². The molecule has 0 saturated carbocycles. The highest BCUT2D eigenvalue weighted by Crippen LogP contribution is 2.28. The van der Waals surface area contributed by atoms with E-state index in [-0.39, 0.29) is 0 Å². The van der Waals surface area contributed by atoms with E-state index >= 15 is 0 Å². The average Bonchev–Trinajstić information content (AvgIpc) is 3.18. The van der Waals surface area contributed by atoms with Crippen LogP contribution in [0.5, 0.6) is 17.4 Å². The lowest BCUT2D eigenvalue weighted by atomic mass is 10.1. The zero-order valence-corrected chi connectivity index (χ0v) is 18.6. The van der Waals surface area contributed by atoms with Gasteiger partial charge in [-0.05, 0) is 75.4 Å². The number of unbranched alkanes of at least 4 members (excludes halogenated alkanes) is 2. The van der Waals surface area contributed by atoms with E-state index in [0.29, 0.717) is 37.2 Å². The molecule has 0 aliphatic rings. The first-order valence-electron chi connectivity index (χ1n) is 10.2. The van der Waals surface area contributed by atoms with Gasteiger partial charge in [-0.3, -0.25) is 0 Å². The molecule has 0 aliphatic heterocycles. The Hall–Kier alpha value is -2.96. The van der Waals surface area contributed by atoms with Crippen molar-refractivity contribution in [1.29, 1.82) is 0 Å². The molecule has 7 heteroatoms. The molecule has 2 aromatic rings. The zero-order chi connectivity index (χ0) is 21.8. The Morgan fingerprint density at radius 1 is 1.03 bits per heavy atom. The van der Waals surface area contributed by atoms with E-state index in [1.54, 1.807) is 13.0 Å². The summed E-state index contributed by atoms with van der Waals surface area (Å²) in [5.74, 6) is 2.79. The minimum absolute atomic E-state index is 0.454. The molecule has 1 heterocycles. The lowest BCUT2D eigenvalue weighted by molar-refractivity contribution is 0.212. The van der Waals surface area contributed by atoms with Crippen molar-refractivity contribution in [3.8, 4) is 17.4 Å². The molecule has 0 spiro atoms. The summed E-state index contributed by atoms with van der Waals surface area (Å²) in [5, 5.41) is 7.67. The van der Waals surface area contributed by atoms with Crippen molar-refractivity contribution < 1.29 is 23.6 Å². The Balaban J connectivity index is 1.66. The molecular formula is C23H32N2O5. The van der Waals surface area contributed by atoms with Gasteiger partial charge in [-0.15, -0.1) is 0 Å². The predicted octanol–water partition coefficient (Wildman–Crippen LogP) is 5.24. The highest BCUT2D eigenvalue weighted by Gasteiger charge is 2.09. The van der Waals surface area contributed by atoms with Gasteiger partial charge in [0.05, 0.1) is 19.3 Å². The number of allylic oxidation sites excluding steroid dienone is 1. The molecule has 0 unspecified atom stereocenters. The van der Waals surface area contributed by atoms with E-state index in [0.717, 1.165) is 41.9 Å². The maximum atomic E-state index is 6.00. The Kier molecular flexibility index (Phi) is 9.77. The van der Waals surface area contributed by atoms with Gasteiger partial charge in [0.2, 0.25) is 0 Å². The van der Waals surface area contributed by atoms with Gasteiger partial charge in [0.25, 0.3) is 5.88 Å². The first kappa shape index (κ1) is 23.3. The van der Waals surface area contributed by atoms with Crippen molar-refractivity contribution in [2.45, 2.75) is 47.0 Å². The Morgan fingerprint density at radius 3 is 2.40 bits per heavy atom. The summed E-state index contributed by atoms with van der Waals surface area (Å²) in [6.45, 7) is 9.67. The topological polar surface area (TPSA) is 75.3 Å². The third-order valence-electron chi connectivity index (χ3n) is 4.37. The molecule has 7 nitrogen and oxygen atoms in total. The van der Waals surface area contributed by atoms with Crippen LogP contribution >= 0.6 is 0 Å². The standard InChI is InChI=1S/C23H32N2O5/c1-6-7-11-27-20-14-17(2)23(18(3)15-20)29-13-10-8-9-12-28-22-16-21(30-25-22)19(4)24-26-5/h6-7,14-16H,8-13H2,1-5H3/b7-6+,24-19?. The van der Waals surface area contributed by atoms with Gasteiger partial charge in [0.15, 0.2) is 5.76 Å². The van der Waals surface area contributed by atoms with Gasteiger partial charge < -0.3 is 23.6 Å². The minimum atomic E-state index is 0.454. The molecule has 30 heavy (non-hydrogen) atoms. The minimum Gasteiger partial charge on any atom is -0.493 e. The molecule has 1 aromatic carbocycles. The number of hydrogen-bond donors (Lipinski definition) is 0. The van der Waals surface area contributed by atoms with Crippen molar-refractivity contribution in [2.24, 2.45) is 5.16 Å². The van der Waals surface area contributed by atoms with Crippen LogP contribution < -0.4 is 14.2 Å². The summed E-state index contributed by atoms with van der Waals surface area (Å²) in [5.41, 5.74) is 2.78. The van der Waals surface area contributed by atoms with Crippen LogP contribution in [-0.2, 0) is 4.84 Å². The third kappa shape index (κ3) is 7.46.